The number of ether oxygens (including phenoxy) is 1. The van der Waals surface area contributed by atoms with E-state index in [9.17, 15) is 5.11 Å². The molecule has 122 valence electrons. The van der Waals surface area contributed by atoms with E-state index in [1.54, 1.807) is 0 Å². The SMILES string of the molecule is Cc1nc2n(C)c3ccccc3n2c1C(O)CN1CCOCC1. The summed E-state index contributed by atoms with van der Waals surface area (Å²) in [5, 5.41) is 10.9. The topological polar surface area (TPSA) is 54.9 Å². The number of aryl methyl sites for hydroxylation is 2. The van der Waals surface area contributed by atoms with Gasteiger partial charge in [-0.15, -0.1) is 0 Å². The van der Waals surface area contributed by atoms with Gasteiger partial charge in [0.05, 0.1) is 35.6 Å². The Morgan fingerprint density at radius 3 is 2.65 bits per heavy atom. The van der Waals surface area contributed by atoms with Crippen molar-refractivity contribution in [3.05, 3.63) is 35.7 Å². The van der Waals surface area contributed by atoms with Gasteiger partial charge in [0.1, 0.15) is 6.10 Å². The van der Waals surface area contributed by atoms with Crippen LogP contribution < -0.4 is 0 Å². The third-order valence-electron chi connectivity index (χ3n) is 4.71. The molecule has 0 spiro atoms. The second-order valence-corrected chi connectivity index (χ2v) is 6.19. The van der Waals surface area contributed by atoms with Gasteiger partial charge < -0.3 is 14.4 Å². The van der Waals surface area contributed by atoms with Crippen molar-refractivity contribution in [1.82, 2.24) is 18.9 Å². The number of imidazole rings is 2. The van der Waals surface area contributed by atoms with Crippen LogP contribution in [0.4, 0.5) is 0 Å². The second kappa shape index (κ2) is 5.63. The van der Waals surface area contributed by atoms with E-state index in [1.165, 1.54) is 0 Å². The largest absolute Gasteiger partial charge is 0.385 e. The fourth-order valence-electron chi connectivity index (χ4n) is 3.54. The maximum atomic E-state index is 10.9. The van der Waals surface area contributed by atoms with E-state index in [2.05, 4.69) is 31.0 Å². The quantitative estimate of drug-likeness (QED) is 0.796. The lowest BCUT2D eigenvalue weighted by atomic mass is 10.2. The molecule has 3 heterocycles. The summed E-state index contributed by atoms with van der Waals surface area (Å²) in [5.41, 5.74) is 3.99. The second-order valence-electron chi connectivity index (χ2n) is 6.19. The number of fused-ring (bicyclic) bond motifs is 3. The molecule has 0 saturated carbocycles. The van der Waals surface area contributed by atoms with Crippen LogP contribution in [0.25, 0.3) is 16.8 Å². The maximum Gasteiger partial charge on any atom is 0.215 e. The van der Waals surface area contributed by atoms with E-state index in [0.29, 0.717) is 6.54 Å². The number of nitrogens with zero attached hydrogens (tertiary/aromatic N) is 4. The zero-order valence-corrected chi connectivity index (χ0v) is 13.6. The molecule has 1 aliphatic heterocycles. The molecule has 2 aromatic heterocycles. The zero-order valence-electron chi connectivity index (χ0n) is 13.6. The third kappa shape index (κ3) is 2.34. The number of hydrogen-bond donors (Lipinski definition) is 1. The van der Waals surface area contributed by atoms with Crippen molar-refractivity contribution in [2.45, 2.75) is 13.0 Å². The molecule has 6 nitrogen and oxygen atoms in total. The summed E-state index contributed by atoms with van der Waals surface area (Å²) in [4.78, 5) is 6.93. The summed E-state index contributed by atoms with van der Waals surface area (Å²) < 4.78 is 9.55. The molecule has 1 aromatic carbocycles. The molecule has 1 fully saturated rings. The minimum atomic E-state index is -0.561. The molecule has 3 aromatic rings. The van der Waals surface area contributed by atoms with Crippen LogP contribution in [0.1, 0.15) is 17.5 Å². The molecule has 1 atom stereocenters. The van der Waals surface area contributed by atoms with Crippen molar-refractivity contribution in [3.63, 3.8) is 0 Å². The average molecular weight is 314 g/mol. The van der Waals surface area contributed by atoms with Gasteiger partial charge in [-0.1, -0.05) is 12.1 Å². The average Bonchev–Trinajstić information content (AvgIpc) is 3.04. The lowest BCUT2D eigenvalue weighted by Gasteiger charge is -2.28. The van der Waals surface area contributed by atoms with Crippen molar-refractivity contribution in [1.29, 1.82) is 0 Å². The van der Waals surface area contributed by atoms with Gasteiger partial charge >= 0.3 is 0 Å². The van der Waals surface area contributed by atoms with Gasteiger partial charge in [-0.2, -0.15) is 0 Å². The number of aliphatic hydroxyl groups is 1. The lowest BCUT2D eigenvalue weighted by Crippen LogP contribution is -2.39. The summed E-state index contributed by atoms with van der Waals surface area (Å²) in [6.07, 6.45) is -0.561. The number of morpholine rings is 1. The summed E-state index contributed by atoms with van der Waals surface area (Å²) in [7, 11) is 2.02. The van der Waals surface area contributed by atoms with Gasteiger partial charge in [0.2, 0.25) is 5.78 Å². The van der Waals surface area contributed by atoms with Crippen molar-refractivity contribution < 1.29 is 9.84 Å². The number of para-hydroxylation sites is 2. The third-order valence-corrected chi connectivity index (χ3v) is 4.71. The summed E-state index contributed by atoms with van der Waals surface area (Å²) in [5.74, 6) is 0.875. The van der Waals surface area contributed by atoms with E-state index in [-0.39, 0.29) is 0 Å². The normalized spacial score (nSPS) is 18.0. The molecule has 1 N–H and O–H groups in total. The molecule has 0 amide bonds. The van der Waals surface area contributed by atoms with Crippen LogP contribution in [0.15, 0.2) is 24.3 Å². The number of benzene rings is 1. The van der Waals surface area contributed by atoms with Gasteiger partial charge in [0, 0.05) is 26.7 Å². The maximum absolute atomic E-state index is 10.9. The first-order valence-electron chi connectivity index (χ1n) is 8.07. The zero-order chi connectivity index (χ0) is 16.0. The van der Waals surface area contributed by atoms with E-state index in [1.807, 2.05) is 26.1 Å². The van der Waals surface area contributed by atoms with Crippen LogP contribution in [0.5, 0.6) is 0 Å². The molecular weight excluding hydrogens is 292 g/mol. The number of rotatable bonds is 3. The standard InChI is InChI=1S/C17H22N4O2/c1-12-16(15(22)11-20-7-9-23-10-8-20)21-14-6-4-3-5-13(14)19(2)17(21)18-12/h3-6,15,22H,7-11H2,1-2H3. The van der Waals surface area contributed by atoms with E-state index >= 15 is 0 Å². The Morgan fingerprint density at radius 1 is 1.22 bits per heavy atom. The van der Waals surface area contributed by atoms with Crippen molar-refractivity contribution in [3.8, 4) is 0 Å². The molecule has 1 unspecified atom stereocenters. The Kier molecular flexibility index (Phi) is 3.60. The molecule has 1 saturated heterocycles. The smallest absolute Gasteiger partial charge is 0.215 e. The van der Waals surface area contributed by atoms with E-state index < -0.39 is 6.10 Å². The monoisotopic (exact) mass is 314 g/mol. The van der Waals surface area contributed by atoms with Gasteiger partial charge in [-0.25, -0.2) is 4.98 Å². The number of aromatic nitrogens is 3. The first-order chi connectivity index (χ1) is 11.2. The predicted octanol–water partition coefficient (Wildman–Crippen LogP) is 1.50. The fraction of sp³-hybridized carbons (Fsp3) is 0.471. The number of β-amino-alcohol motifs (C(OH)–C–C–N with tert-alkyl or cyclic N) is 1. The Hall–Kier alpha value is -1.89. The minimum absolute atomic E-state index is 0.561. The Morgan fingerprint density at radius 2 is 1.91 bits per heavy atom. The van der Waals surface area contributed by atoms with Crippen molar-refractivity contribution in [2.24, 2.45) is 7.05 Å². The van der Waals surface area contributed by atoms with Crippen LogP contribution in [-0.4, -0.2) is 56.8 Å². The Bertz CT molecular complexity index is 845. The summed E-state index contributed by atoms with van der Waals surface area (Å²) >= 11 is 0. The fourth-order valence-corrected chi connectivity index (χ4v) is 3.54. The first-order valence-corrected chi connectivity index (χ1v) is 8.07. The summed E-state index contributed by atoms with van der Waals surface area (Å²) in [6, 6.07) is 8.21. The van der Waals surface area contributed by atoms with Crippen LogP contribution in [0, 0.1) is 6.92 Å². The molecule has 0 bridgehead atoms. The summed E-state index contributed by atoms with van der Waals surface area (Å²) in [6.45, 7) is 5.80. The van der Waals surface area contributed by atoms with Gasteiger partial charge in [0.25, 0.3) is 0 Å². The van der Waals surface area contributed by atoms with Gasteiger partial charge in [-0.3, -0.25) is 9.30 Å². The molecule has 1 aliphatic rings. The first kappa shape index (κ1) is 14.7. The Balaban J connectivity index is 1.79. The van der Waals surface area contributed by atoms with Gasteiger partial charge in [-0.05, 0) is 19.1 Å². The molecule has 0 radical (unpaired) electrons. The van der Waals surface area contributed by atoms with Crippen LogP contribution in [0.2, 0.25) is 0 Å². The van der Waals surface area contributed by atoms with Crippen molar-refractivity contribution >= 4 is 16.8 Å². The molecule has 4 rings (SSSR count). The predicted molar refractivity (Wildman–Crippen MR) is 88.6 cm³/mol. The van der Waals surface area contributed by atoms with Crippen LogP contribution in [-0.2, 0) is 11.8 Å². The highest BCUT2D eigenvalue weighted by atomic mass is 16.5. The highest BCUT2D eigenvalue weighted by Crippen LogP contribution is 2.27. The lowest BCUT2D eigenvalue weighted by molar-refractivity contribution is 0.0133. The highest BCUT2D eigenvalue weighted by molar-refractivity contribution is 5.81. The Labute approximate surface area is 134 Å². The minimum Gasteiger partial charge on any atom is -0.385 e. The molecule has 6 heteroatoms. The number of hydrogen-bond acceptors (Lipinski definition) is 4. The molecule has 23 heavy (non-hydrogen) atoms. The van der Waals surface area contributed by atoms with Gasteiger partial charge in [0.15, 0.2) is 0 Å². The number of aliphatic hydroxyl groups excluding tert-OH is 1. The van der Waals surface area contributed by atoms with E-state index in [4.69, 9.17) is 4.74 Å². The van der Waals surface area contributed by atoms with Crippen LogP contribution in [0.3, 0.4) is 0 Å². The van der Waals surface area contributed by atoms with Crippen molar-refractivity contribution in [2.75, 3.05) is 32.8 Å². The highest BCUT2D eigenvalue weighted by Gasteiger charge is 2.24. The molecule has 0 aliphatic carbocycles. The van der Waals surface area contributed by atoms with Crippen LogP contribution >= 0.6 is 0 Å². The molecular formula is C17H22N4O2. The van der Waals surface area contributed by atoms with E-state index in [0.717, 1.165) is 54.5 Å².